The zero-order chi connectivity index (χ0) is 17.8. The fourth-order valence-electron chi connectivity index (χ4n) is 2.30. The van der Waals surface area contributed by atoms with Crippen molar-refractivity contribution in [2.45, 2.75) is 25.4 Å². The van der Waals surface area contributed by atoms with E-state index in [-0.39, 0.29) is 5.91 Å². The first-order valence-corrected chi connectivity index (χ1v) is 9.06. The Hall–Kier alpha value is -2.25. The molecule has 0 unspecified atom stereocenters. The van der Waals surface area contributed by atoms with Gasteiger partial charge in [-0.05, 0) is 31.5 Å². The fraction of sp³-hybridized carbons (Fsp3) is 0.235. The van der Waals surface area contributed by atoms with E-state index in [0.29, 0.717) is 28.8 Å². The smallest absolute Gasteiger partial charge is 0.226 e. The van der Waals surface area contributed by atoms with Crippen LogP contribution in [0.15, 0.2) is 46.3 Å². The quantitative estimate of drug-likeness (QED) is 0.651. The standard InChI is InChI=1S/C17H17ClN4O2S/c1-11-10-15(21-24-11)20-16(23)6-9-25-17-19-7-8-22(17)14-5-3-4-13(18)12(14)2/h3-5,7-8,10H,6,9H2,1-2H3,(H,20,21,23). The van der Waals surface area contributed by atoms with Crippen molar-refractivity contribution in [2.75, 3.05) is 11.1 Å². The number of carbonyl (C=O) groups excluding carboxylic acids is 1. The van der Waals surface area contributed by atoms with E-state index in [4.69, 9.17) is 16.1 Å². The molecular weight excluding hydrogens is 360 g/mol. The summed E-state index contributed by atoms with van der Waals surface area (Å²) in [4.78, 5) is 16.3. The van der Waals surface area contributed by atoms with E-state index in [0.717, 1.165) is 16.4 Å². The first kappa shape index (κ1) is 17.6. The Morgan fingerprint density at radius 1 is 1.40 bits per heavy atom. The third kappa shape index (κ3) is 4.24. The maximum atomic E-state index is 12.0. The number of benzene rings is 1. The van der Waals surface area contributed by atoms with Gasteiger partial charge in [-0.25, -0.2) is 4.98 Å². The Bertz CT molecular complexity index is 890. The molecule has 130 valence electrons. The van der Waals surface area contributed by atoms with Crippen molar-refractivity contribution in [3.63, 3.8) is 0 Å². The van der Waals surface area contributed by atoms with E-state index < -0.39 is 0 Å². The molecule has 0 aliphatic rings. The predicted molar refractivity (Wildman–Crippen MR) is 98.5 cm³/mol. The number of carbonyl (C=O) groups is 1. The number of aromatic nitrogens is 3. The van der Waals surface area contributed by atoms with Gasteiger partial charge in [-0.2, -0.15) is 0 Å². The lowest BCUT2D eigenvalue weighted by molar-refractivity contribution is -0.115. The molecule has 0 saturated carbocycles. The molecule has 0 spiro atoms. The average Bonchev–Trinajstić information content (AvgIpc) is 3.19. The van der Waals surface area contributed by atoms with Gasteiger partial charge in [-0.1, -0.05) is 34.6 Å². The molecule has 1 N–H and O–H groups in total. The third-order valence-corrected chi connectivity index (χ3v) is 4.94. The minimum Gasteiger partial charge on any atom is -0.360 e. The molecule has 0 aliphatic heterocycles. The van der Waals surface area contributed by atoms with Crippen molar-refractivity contribution >= 4 is 35.1 Å². The second kappa shape index (κ2) is 7.76. The number of nitrogens with one attached hydrogen (secondary N) is 1. The predicted octanol–water partition coefficient (Wildman–Crippen LogP) is 4.25. The first-order chi connectivity index (χ1) is 12.0. The highest BCUT2D eigenvalue weighted by Crippen LogP contribution is 2.26. The van der Waals surface area contributed by atoms with Crippen molar-refractivity contribution in [3.8, 4) is 5.69 Å². The maximum Gasteiger partial charge on any atom is 0.226 e. The highest BCUT2D eigenvalue weighted by Gasteiger charge is 2.11. The Morgan fingerprint density at radius 2 is 2.24 bits per heavy atom. The van der Waals surface area contributed by atoms with Crippen LogP contribution in [0.2, 0.25) is 5.02 Å². The van der Waals surface area contributed by atoms with Gasteiger partial charge < -0.3 is 9.84 Å². The lowest BCUT2D eigenvalue weighted by atomic mass is 10.2. The third-order valence-electron chi connectivity index (χ3n) is 3.56. The molecule has 0 saturated heterocycles. The topological polar surface area (TPSA) is 73.0 Å². The lowest BCUT2D eigenvalue weighted by Crippen LogP contribution is -2.12. The van der Waals surface area contributed by atoms with Crippen molar-refractivity contribution in [3.05, 3.63) is 53.0 Å². The summed E-state index contributed by atoms with van der Waals surface area (Å²) in [6, 6.07) is 7.44. The van der Waals surface area contributed by atoms with Gasteiger partial charge in [-0.15, -0.1) is 0 Å². The number of rotatable bonds is 6. The van der Waals surface area contributed by atoms with Crippen LogP contribution in [0, 0.1) is 13.8 Å². The highest BCUT2D eigenvalue weighted by molar-refractivity contribution is 7.99. The Morgan fingerprint density at radius 3 is 3.00 bits per heavy atom. The van der Waals surface area contributed by atoms with Crippen molar-refractivity contribution < 1.29 is 9.32 Å². The molecule has 3 aromatic rings. The van der Waals surface area contributed by atoms with Gasteiger partial charge >= 0.3 is 0 Å². The summed E-state index contributed by atoms with van der Waals surface area (Å²) in [7, 11) is 0. The van der Waals surface area contributed by atoms with Crippen LogP contribution in [0.3, 0.4) is 0 Å². The zero-order valence-corrected chi connectivity index (χ0v) is 15.4. The lowest BCUT2D eigenvalue weighted by Gasteiger charge is -2.11. The summed E-state index contributed by atoms with van der Waals surface area (Å²) >= 11 is 7.71. The Labute approximate surface area is 154 Å². The molecule has 0 atom stereocenters. The number of aryl methyl sites for hydroxylation is 1. The van der Waals surface area contributed by atoms with E-state index in [1.54, 1.807) is 19.2 Å². The van der Waals surface area contributed by atoms with Gasteiger partial charge in [0.05, 0.1) is 5.69 Å². The number of thioether (sulfide) groups is 1. The number of nitrogens with zero attached hydrogens (tertiary/aromatic N) is 3. The van der Waals surface area contributed by atoms with Crippen LogP contribution in [0.1, 0.15) is 17.7 Å². The SMILES string of the molecule is Cc1cc(NC(=O)CCSc2nccn2-c2cccc(Cl)c2C)no1. The normalized spacial score (nSPS) is 10.8. The number of hydrogen-bond donors (Lipinski definition) is 1. The van der Waals surface area contributed by atoms with Crippen LogP contribution < -0.4 is 5.32 Å². The zero-order valence-electron chi connectivity index (χ0n) is 13.8. The second-order valence-electron chi connectivity index (χ2n) is 5.43. The molecule has 1 aromatic carbocycles. The van der Waals surface area contributed by atoms with Crippen molar-refractivity contribution in [2.24, 2.45) is 0 Å². The second-order valence-corrected chi connectivity index (χ2v) is 6.90. The van der Waals surface area contributed by atoms with Gasteiger partial charge in [-0.3, -0.25) is 9.36 Å². The fourth-order valence-corrected chi connectivity index (χ4v) is 3.38. The number of halogens is 1. The number of anilines is 1. The highest BCUT2D eigenvalue weighted by atomic mass is 35.5. The van der Waals surface area contributed by atoms with Gasteiger partial charge in [0.2, 0.25) is 5.91 Å². The van der Waals surface area contributed by atoms with Crippen molar-refractivity contribution in [1.29, 1.82) is 0 Å². The molecule has 8 heteroatoms. The molecule has 0 fully saturated rings. The van der Waals surface area contributed by atoms with Gasteiger partial charge in [0.25, 0.3) is 0 Å². The van der Waals surface area contributed by atoms with Crippen LogP contribution in [0.4, 0.5) is 5.82 Å². The summed E-state index contributed by atoms with van der Waals surface area (Å²) in [5.41, 5.74) is 1.97. The monoisotopic (exact) mass is 376 g/mol. The molecule has 0 radical (unpaired) electrons. The van der Waals surface area contributed by atoms with E-state index in [1.807, 2.05) is 35.9 Å². The maximum absolute atomic E-state index is 12.0. The number of amides is 1. The summed E-state index contributed by atoms with van der Waals surface area (Å²) in [6.07, 6.45) is 3.97. The summed E-state index contributed by atoms with van der Waals surface area (Å²) < 4.78 is 6.90. The first-order valence-electron chi connectivity index (χ1n) is 7.69. The van der Waals surface area contributed by atoms with Crippen LogP contribution >= 0.6 is 23.4 Å². The molecule has 3 rings (SSSR count). The van der Waals surface area contributed by atoms with E-state index >= 15 is 0 Å². The summed E-state index contributed by atoms with van der Waals surface area (Å²) in [6.45, 7) is 3.75. The van der Waals surface area contributed by atoms with Gasteiger partial charge in [0.1, 0.15) is 5.76 Å². The van der Waals surface area contributed by atoms with Crippen LogP contribution in [0.25, 0.3) is 5.69 Å². The van der Waals surface area contributed by atoms with Crippen LogP contribution in [0.5, 0.6) is 0 Å². The van der Waals surface area contributed by atoms with Gasteiger partial charge in [0, 0.05) is 35.7 Å². The van der Waals surface area contributed by atoms with Crippen molar-refractivity contribution in [1.82, 2.24) is 14.7 Å². The van der Waals surface area contributed by atoms with E-state index in [2.05, 4.69) is 15.5 Å². The van der Waals surface area contributed by atoms with Crippen LogP contribution in [-0.2, 0) is 4.79 Å². The molecule has 2 heterocycles. The Balaban J connectivity index is 1.60. The number of hydrogen-bond acceptors (Lipinski definition) is 5. The summed E-state index contributed by atoms with van der Waals surface area (Å²) in [5, 5.41) is 7.97. The minimum atomic E-state index is -0.113. The van der Waals surface area contributed by atoms with Crippen LogP contribution in [-0.4, -0.2) is 26.4 Å². The van der Waals surface area contributed by atoms with Gasteiger partial charge in [0.15, 0.2) is 11.0 Å². The summed E-state index contributed by atoms with van der Waals surface area (Å²) in [5.74, 6) is 1.57. The molecule has 2 aromatic heterocycles. The molecule has 0 aliphatic carbocycles. The molecule has 25 heavy (non-hydrogen) atoms. The molecule has 1 amide bonds. The van der Waals surface area contributed by atoms with E-state index in [1.165, 1.54) is 11.8 Å². The number of imidazole rings is 1. The molecular formula is C17H17ClN4O2S. The largest absolute Gasteiger partial charge is 0.360 e. The average molecular weight is 377 g/mol. The van der Waals surface area contributed by atoms with E-state index in [9.17, 15) is 4.79 Å². The minimum absolute atomic E-state index is 0.113. The molecule has 0 bridgehead atoms. The molecule has 6 nitrogen and oxygen atoms in total. The Kier molecular flexibility index (Phi) is 5.45.